The summed E-state index contributed by atoms with van der Waals surface area (Å²) in [4.78, 5) is 11.7. The third kappa shape index (κ3) is 5.09. The SMILES string of the molecule is COc1ccccc1CCNC(=O)NC(C)C(C)CO. The van der Waals surface area contributed by atoms with E-state index < -0.39 is 0 Å². The second kappa shape index (κ2) is 8.43. The summed E-state index contributed by atoms with van der Waals surface area (Å²) in [6, 6.07) is 7.47. The molecule has 0 aliphatic carbocycles. The van der Waals surface area contributed by atoms with Gasteiger partial charge in [-0.05, 0) is 30.9 Å². The minimum atomic E-state index is -0.215. The number of amides is 2. The predicted molar refractivity (Wildman–Crippen MR) is 78.9 cm³/mol. The Morgan fingerprint density at radius 1 is 1.35 bits per heavy atom. The van der Waals surface area contributed by atoms with E-state index in [4.69, 9.17) is 9.84 Å². The number of nitrogens with one attached hydrogen (secondary N) is 2. The van der Waals surface area contributed by atoms with Crippen LogP contribution >= 0.6 is 0 Å². The number of ether oxygens (including phenoxy) is 1. The number of hydrogen-bond donors (Lipinski definition) is 3. The molecule has 2 unspecified atom stereocenters. The quantitative estimate of drug-likeness (QED) is 0.710. The average molecular weight is 280 g/mol. The fourth-order valence-electron chi connectivity index (χ4n) is 1.78. The number of benzene rings is 1. The number of aliphatic hydroxyl groups is 1. The fraction of sp³-hybridized carbons (Fsp3) is 0.533. The van der Waals surface area contributed by atoms with Crippen molar-refractivity contribution in [3.05, 3.63) is 29.8 Å². The monoisotopic (exact) mass is 280 g/mol. The maximum atomic E-state index is 11.7. The maximum absolute atomic E-state index is 11.7. The molecule has 1 aromatic rings. The molecule has 0 heterocycles. The van der Waals surface area contributed by atoms with Gasteiger partial charge in [0.1, 0.15) is 5.75 Å². The Labute approximate surface area is 120 Å². The van der Waals surface area contributed by atoms with E-state index >= 15 is 0 Å². The minimum absolute atomic E-state index is 0.0370. The van der Waals surface area contributed by atoms with E-state index in [0.717, 1.165) is 11.3 Å². The molecule has 0 spiro atoms. The molecule has 1 rings (SSSR count). The minimum Gasteiger partial charge on any atom is -0.496 e. The number of carbonyl (C=O) groups excluding carboxylic acids is 1. The summed E-state index contributed by atoms with van der Waals surface area (Å²) in [5.41, 5.74) is 1.06. The molecule has 0 bridgehead atoms. The highest BCUT2D eigenvalue weighted by Gasteiger charge is 2.13. The van der Waals surface area contributed by atoms with Crippen LogP contribution in [0.15, 0.2) is 24.3 Å². The van der Waals surface area contributed by atoms with Gasteiger partial charge in [-0.15, -0.1) is 0 Å². The zero-order chi connectivity index (χ0) is 15.0. The standard InChI is InChI=1S/C15H24N2O3/c1-11(10-18)12(2)17-15(19)16-9-8-13-6-4-5-7-14(13)20-3/h4-7,11-12,18H,8-10H2,1-3H3,(H2,16,17,19). The molecule has 0 aliphatic rings. The second-order valence-corrected chi connectivity index (χ2v) is 4.91. The van der Waals surface area contributed by atoms with Crippen molar-refractivity contribution in [2.24, 2.45) is 5.92 Å². The summed E-state index contributed by atoms with van der Waals surface area (Å²) in [6.07, 6.45) is 0.710. The third-order valence-electron chi connectivity index (χ3n) is 3.37. The Kier molecular flexibility index (Phi) is 6.87. The zero-order valence-electron chi connectivity index (χ0n) is 12.3. The lowest BCUT2D eigenvalue weighted by Crippen LogP contribution is -2.44. The van der Waals surface area contributed by atoms with E-state index in [-0.39, 0.29) is 24.6 Å². The van der Waals surface area contributed by atoms with Gasteiger partial charge in [-0.25, -0.2) is 4.79 Å². The van der Waals surface area contributed by atoms with Crippen molar-refractivity contribution in [3.63, 3.8) is 0 Å². The molecule has 112 valence electrons. The van der Waals surface area contributed by atoms with E-state index in [1.807, 2.05) is 38.1 Å². The van der Waals surface area contributed by atoms with Crippen molar-refractivity contribution >= 4 is 6.03 Å². The first-order valence-corrected chi connectivity index (χ1v) is 6.85. The summed E-state index contributed by atoms with van der Waals surface area (Å²) in [5.74, 6) is 0.868. The molecule has 0 fully saturated rings. The van der Waals surface area contributed by atoms with Crippen LogP contribution in [0.2, 0.25) is 0 Å². The molecular weight excluding hydrogens is 256 g/mol. The number of methoxy groups -OCH3 is 1. The van der Waals surface area contributed by atoms with Crippen LogP contribution in [0.4, 0.5) is 4.79 Å². The molecule has 2 amide bonds. The van der Waals surface area contributed by atoms with E-state index in [0.29, 0.717) is 13.0 Å². The van der Waals surface area contributed by atoms with Gasteiger partial charge in [0.2, 0.25) is 0 Å². The van der Waals surface area contributed by atoms with Gasteiger partial charge < -0.3 is 20.5 Å². The Bertz CT molecular complexity index is 423. The van der Waals surface area contributed by atoms with E-state index in [9.17, 15) is 4.79 Å². The van der Waals surface area contributed by atoms with Crippen molar-refractivity contribution in [3.8, 4) is 5.75 Å². The van der Waals surface area contributed by atoms with Gasteiger partial charge in [-0.2, -0.15) is 0 Å². The molecule has 3 N–H and O–H groups in total. The largest absolute Gasteiger partial charge is 0.496 e. The van der Waals surface area contributed by atoms with Crippen molar-refractivity contribution in [2.45, 2.75) is 26.3 Å². The van der Waals surface area contributed by atoms with Crippen LogP contribution in [0.3, 0.4) is 0 Å². The molecule has 5 nitrogen and oxygen atoms in total. The number of aliphatic hydroxyl groups excluding tert-OH is 1. The summed E-state index contributed by atoms with van der Waals surface area (Å²) >= 11 is 0. The Morgan fingerprint density at radius 2 is 2.05 bits per heavy atom. The van der Waals surface area contributed by atoms with Gasteiger partial charge in [0, 0.05) is 19.2 Å². The highest BCUT2D eigenvalue weighted by molar-refractivity contribution is 5.74. The van der Waals surface area contributed by atoms with Crippen LogP contribution in [-0.4, -0.2) is 37.4 Å². The van der Waals surface area contributed by atoms with Gasteiger partial charge in [0.15, 0.2) is 0 Å². The van der Waals surface area contributed by atoms with Crippen LogP contribution in [-0.2, 0) is 6.42 Å². The average Bonchev–Trinajstić information content (AvgIpc) is 2.46. The number of para-hydroxylation sites is 1. The molecule has 0 radical (unpaired) electrons. The van der Waals surface area contributed by atoms with Crippen LogP contribution < -0.4 is 15.4 Å². The topological polar surface area (TPSA) is 70.6 Å². The lowest BCUT2D eigenvalue weighted by atomic mass is 10.1. The van der Waals surface area contributed by atoms with Crippen molar-refractivity contribution in [1.29, 1.82) is 0 Å². The molecule has 1 aromatic carbocycles. The molecule has 5 heteroatoms. The maximum Gasteiger partial charge on any atom is 0.315 e. The zero-order valence-corrected chi connectivity index (χ0v) is 12.3. The first-order valence-electron chi connectivity index (χ1n) is 6.85. The molecule has 0 saturated carbocycles. The first kappa shape index (κ1) is 16.3. The summed E-state index contributed by atoms with van der Waals surface area (Å²) in [5, 5.41) is 14.6. The van der Waals surface area contributed by atoms with Crippen LogP contribution in [0, 0.1) is 5.92 Å². The molecule has 0 aliphatic heterocycles. The van der Waals surface area contributed by atoms with Crippen molar-refractivity contribution in [1.82, 2.24) is 10.6 Å². The fourth-order valence-corrected chi connectivity index (χ4v) is 1.78. The molecule has 0 aromatic heterocycles. The van der Waals surface area contributed by atoms with Gasteiger partial charge in [-0.3, -0.25) is 0 Å². The molecule has 0 saturated heterocycles. The summed E-state index contributed by atoms with van der Waals surface area (Å²) in [6.45, 7) is 4.36. The highest BCUT2D eigenvalue weighted by atomic mass is 16.5. The Balaban J connectivity index is 2.35. The molecule has 20 heavy (non-hydrogen) atoms. The molecule has 2 atom stereocenters. The lowest BCUT2D eigenvalue weighted by molar-refractivity contribution is 0.200. The van der Waals surface area contributed by atoms with Gasteiger partial charge in [0.25, 0.3) is 0 Å². The highest BCUT2D eigenvalue weighted by Crippen LogP contribution is 2.17. The van der Waals surface area contributed by atoms with Gasteiger partial charge in [-0.1, -0.05) is 25.1 Å². The first-order chi connectivity index (χ1) is 9.58. The van der Waals surface area contributed by atoms with Crippen LogP contribution in [0.1, 0.15) is 19.4 Å². The smallest absolute Gasteiger partial charge is 0.315 e. The number of urea groups is 1. The van der Waals surface area contributed by atoms with Crippen LogP contribution in [0.5, 0.6) is 5.75 Å². The Morgan fingerprint density at radius 3 is 2.70 bits per heavy atom. The van der Waals surface area contributed by atoms with E-state index in [1.54, 1.807) is 7.11 Å². The normalized spacial score (nSPS) is 13.4. The van der Waals surface area contributed by atoms with E-state index in [2.05, 4.69) is 10.6 Å². The van der Waals surface area contributed by atoms with Gasteiger partial charge in [0.05, 0.1) is 7.11 Å². The number of rotatable bonds is 7. The molecular formula is C15H24N2O3. The lowest BCUT2D eigenvalue weighted by Gasteiger charge is -2.19. The van der Waals surface area contributed by atoms with Gasteiger partial charge >= 0.3 is 6.03 Å². The van der Waals surface area contributed by atoms with Crippen LogP contribution in [0.25, 0.3) is 0 Å². The van der Waals surface area contributed by atoms with Crippen molar-refractivity contribution in [2.75, 3.05) is 20.3 Å². The van der Waals surface area contributed by atoms with Crippen molar-refractivity contribution < 1.29 is 14.6 Å². The second-order valence-electron chi connectivity index (χ2n) is 4.91. The number of hydrogen-bond acceptors (Lipinski definition) is 3. The predicted octanol–water partition coefficient (Wildman–Crippen LogP) is 1.55. The third-order valence-corrected chi connectivity index (χ3v) is 3.37. The van der Waals surface area contributed by atoms with E-state index in [1.165, 1.54) is 0 Å². The summed E-state index contributed by atoms with van der Waals surface area (Å²) < 4.78 is 5.26. The Hall–Kier alpha value is -1.75. The number of carbonyl (C=O) groups is 1. The summed E-state index contributed by atoms with van der Waals surface area (Å²) in [7, 11) is 1.64.